The van der Waals surface area contributed by atoms with Gasteiger partial charge >= 0.3 is 5.97 Å². The maximum Gasteiger partial charge on any atom is 0.352 e. The first-order valence-electron chi connectivity index (χ1n) is 8.05. The third kappa shape index (κ3) is 3.01. The molecule has 128 valence electrons. The number of benzene rings is 2. The Hall–Kier alpha value is -3.08. The van der Waals surface area contributed by atoms with Crippen LogP contribution in [0.1, 0.15) is 35.9 Å². The molecule has 1 aromatic heterocycles. The minimum absolute atomic E-state index is 0.0317. The minimum Gasteiger partial charge on any atom is -0.477 e. The van der Waals surface area contributed by atoms with Crippen molar-refractivity contribution in [2.75, 3.05) is 0 Å². The number of nitrogens with zero attached hydrogens (tertiary/aromatic N) is 1. The Kier molecular flexibility index (Phi) is 4.31. The number of pyridine rings is 1. The number of carboxylic acid groups (broad SMARTS) is 1. The highest BCUT2D eigenvalue weighted by Crippen LogP contribution is 2.27. The average Bonchev–Trinajstić information content (AvgIpc) is 2.58. The van der Waals surface area contributed by atoms with Crippen molar-refractivity contribution in [2.45, 2.75) is 26.8 Å². The molecular weight excluding hydrogens is 318 g/mol. The summed E-state index contributed by atoms with van der Waals surface area (Å²) in [5, 5.41) is 9.99. The number of hydrogen-bond donors (Lipinski definition) is 1. The number of ether oxygens (including phenoxy) is 1. The molecule has 2 aromatic carbocycles. The van der Waals surface area contributed by atoms with Gasteiger partial charge in [-0.2, -0.15) is 0 Å². The van der Waals surface area contributed by atoms with Gasteiger partial charge < -0.3 is 14.4 Å². The van der Waals surface area contributed by atoms with Gasteiger partial charge in [0, 0.05) is 17.0 Å². The summed E-state index contributed by atoms with van der Waals surface area (Å²) in [4.78, 5) is 24.4. The Bertz CT molecular complexity index is 1000. The molecule has 5 nitrogen and oxygen atoms in total. The second kappa shape index (κ2) is 6.43. The molecule has 0 radical (unpaired) electrons. The molecule has 1 N–H and O–H groups in total. The smallest absolute Gasteiger partial charge is 0.352 e. The van der Waals surface area contributed by atoms with Gasteiger partial charge in [0.1, 0.15) is 17.2 Å². The topological polar surface area (TPSA) is 68.5 Å². The summed E-state index contributed by atoms with van der Waals surface area (Å²) in [7, 11) is 0. The van der Waals surface area contributed by atoms with E-state index in [9.17, 15) is 14.7 Å². The van der Waals surface area contributed by atoms with E-state index in [0.717, 1.165) is 0 Å². The first-order chi connectivity index (χ1) is 11.9. The molecule has 3 aromatic rings. The quantitative estimate of drug-likeness (QED) is 0.767. The van der Waals surface area contributed by atoms with E-state index in [1.165, 1.54) is 0 Å². The predicted molar refractivity (Wildman–Crippen MR) is 96.8 cm³/mol. The number of aromatic nitrogens is 1. The number of carboxylic acids is 1. The number of hydrogen-bond acceptors (Lipinski definition) is 3. The fraction of sp³-hybridized carbons (Fsp3) is 0.200. The van der Waals surface area contributed by atoms with Crippen LogP contribution < -0.4 is 10.2 Å². The number of rotatable bonds is 4. The zero-order valence-electron chi connectivity index (χ0n) is 14.3. The van der Waals surface area contributed by atoms with Crippen molar-refractivity contribution in [3.05, 3.63) is 70.0 Å². The summed E-state index contributed by atoms with van der Waals surface area (Å²) in [6.45, 7) is 5.34. The van der Waals surface area contributed by atoms with Crippen LogP contribution in [-0.4, -0.2) is 15.6 Å². The van der Waals surface area contributed by atoms with Crippen LogP contribution in [0.4, 0.5) is 0 Å². The molecule has 5 heteroatoms. The van der Waals surface area contributed by atoms with Crippen LogP contribution >= 0.6 is 0 Å². The van der Waals surface area contributed by atoms with Crippen LogP contribution in [0, 0.1) is 6.92 Å². The molecule has 0 saturated heterocycles. The Morgan fingerprint density at radius 1 is 1.08 bits per heavy atom. The van der Waals surface area contributed by atoms with Crippen molar-refractivity contribution in [1.29, 1.82) is 0 Å². The maximum absolute atomic E-state index is 12.7. The molecule has 0 unspecified atom stereocenters. The van der Waals surface area contributed by atoms with Crippen molar-refractivity contribution < 1.29 is 14.6 Å². The van der Waals surface area contributed by atoms with Gasteiger partial charge in [-0.15, -0.1) is 0 Å². The molecular formula is C20H19NO4. The average molecular weight is 337 g/mol. The SMILES string of the molecule is Cc1c(C(=O)O)n(C(C)C)c2ccc(Oc3ccccc3)cc2c1=O. The second-order valence-corrected chi connectivity index (χ2v) is 6.17. The van der Waals surface area contributed by atoms with E-state index in [2.05, 4.69) is 0 Å². The van der Waals surface area contributed by atoms with Crippen molar-refractivity contribution in [1.82, 2.24) is 4.57 Å². The van der Waals surface area contributed by atoms with Crippen LogP contribution in [0.5, 0.6) is 11.5 Å². The van der Waals surface area contributed by atoms with Crippen LogP contribution in [0.3, 0.4) is 0 Å². The van der Waals surface area contributed by atoms with Crippen LogP contribution in [0.25, 0.3) is 10.9 Å². The van der Waals surface area contributed by atoms with Gasteiger partial charge in [0.15, 0.2) is 5.43 Å². The van der Waals surface area contributed by atoms with Gasteiger partial charge in [-0.05, 0) is 51.1 Å². The monoisotopic (exact) mass is 337 g/mol. The Morgan fingerprint density at radius 3 is 2.36 bits per heavy atom. The van der Waals surface area contributed by atoms with E-state index >= 15 is 0 Å². The third-order valence-electron chi connectivity index (χ3n) is 4.11. The fourth-order valence-corrected chi connectivity index (χ4v) is 3.01. The molecule has 0 aliphatic heterocycles. The number of para-hydroxylation sites is 1. The summed E-state index contributed by atoms with van der Waals surface area (Å²) in [6, 6.07) is 14.3. The minimum atomic E-state index is -1.10. The van der Waals surface area contributed by atoms with Gasteiger partial charge in [-0.1, -0.05) is 18.2 Å². The molecule has 0 bridgehead atoms. The normalized spacial score (nSPS) is 11.0. The maximum atomic E-state index is 12.7. The summed E-state index contributed by atoms with van der Waals surface area (Å²) in [6.07, 6.45) is 0. The summed E-state index contributed by atoms with van der Waals surface area (Å²) >= 11 is 0. The van der Waals surface area contributed by atoms with Gasteiger partial charge in [0.2, 0.25) is 0 Å². The molecule has 1 heterocycles. The summed E-state index contributed by atoms with van der Waals surface area (Å²) in [5.74, 6) is 0.105. The van der Waals surface area contributed by atoms with Crippen molar-refractivity contribution >= 4 is 16.9 Å². The number of fused-ring (bicyclic) bond motifs is 1. The van der Waals surface area contributed by atoms with E-state index in [1.54, 1.807) is 29.7 Å². The van der Waals surface area contributed by atoms with Crippen molar-refractivity contribution in [3.8, 4) is 11.5 Å². The Morgan fingerprint density at radius 2 is 1.76 bits per heavy atom. The highest BCUT2D eigenvalue weighted by atomic mass is 16.5. The van der Waals surface area contributed by atoms with E-state index in [-0.39, 0.29) is 22.7 Å². The van der Waals surface area contributed by atoms with Gasteiger partial charge in [0.25, 0.3) is 0 Å². The van der Waals surface area contributed by atoms with E-state index in [0.29, 0.717) is 22.4 Å². The Labute approximate surface area is 145 Å². The van der Waals surface area contributed by atoms with Crippen molar-refractivity contribution in [2.24, 2.45) is 0 Å². The van der Waals surface area contributed by atoms with Gasteiger partial charge in [-0.25, -0.2) is 4.79 Å². The zero-order valence-corrected chi connectivity index (χ0v) is 14.3. The summed E-state index contributed by atoms with van der Waals surface area (Å²) < 4.78 is 7.48. The molecule has 0 saturated carbocycles. The highest BCUT2D eigenvalue weighted by molar-refractivity contribution is 5.93. The molecule has 0 atom stereocenters. The molecule has 0 aliphatic carbocycles. The van der Waals surface area contributed by atoms with Crippen LogP contribution in [-0.2, 0) is 0 Å². The van der Waals surface area contributed by atoms with Crippen LogP contribution in [0.2, 0.25) is 0 Å². The highest BCUT2D eigenvalue weighted by Gasteiger charge is 2.21. The largest absolute Gasteiger partial charge is 0.477 e. The third-order valence-corrected chi connectivity index (χ3v) is 4.11. The van der Waals surface area contributed by atoms with E-state index in [4.69, 9.17) is 4.74 Å². The van der Waals surface area contributed by atoms with E-state index < -0.39 is 5.97 Å². The lowest BCUT2D eigenvalue weighted by Crippen LogP contribution is -2.23. The molecule has 0 amide bonds. The molecule has 3 rings (SSSR count). The standard InChI is InChI=1S/C20H19NO4/c1-12(2)21-17-10-9-15(25-14-7-5-4-6-8-14)11-16(17)19(22)13(3)18(21)20(23)24/h4-12H,1-3H3,(H,23,24). The lowest BCUT2D eigenvalue weighted by molar-refractivity contribution is 0.0682. The van der Waals surface area contributed by atoms with Gasteiger partial charge in [0.05, 0.1) is 5.52 Å². The fourth-order valence-electron chi connectivity index (χ4n) is 3.01. The molecule has 25 heavy (non-hydrogen) atoms. The first-order valence-corrected chi connectivity index (χ1v) is 8.05. The second-order valence-electron chi connectivity index (χ2n) is 6.17. The molecule has 0 spiro atoms. The van der Waals surface area contributed by atoms with Crippen LogP contribution in [0.15, 0.2) is 53.3 Å². The number of aromatic carboxylic acids is 1. The lowest BCUT2D eigenvalue weighted by Gasteiger charge is -2.20. The number of carbonyl (C=O) groups is 1. The molecule has 0 fully saturated rings. The molecule has 0 aliphatic rings. The Balaban J connectivity index is 2.24. The van der Waals surface area contributed by atoms with E-state index in [1.807, 2.05) is 44.2 Å². The zero-order chi connectivity index (χ0) is 18.1. The summed E-state index contributed by atoms with van der Waals surface area (Å²) in [5.41, 5.74) is 0.556. The predicted octanol–water partition coefficient (Wildman–Crippen LogP) is 4.38. The van der Waals surface area contributed by atoms with Crippen molar-refractivity contribution in [3.63, 3.8) is 0 Å². The van der Waals surface area contributed by atoms with Gasteiger partial charge in [-0.3, -0.25) is 4.79 Å². The lowest BCUT2D eigenvalue weighted by atomic mass is 10.1. The first kappa shape index (κ1) is 16.8.